The zero-order chi connectivity index (χ0) is 18.4. The van der Waals surface area contributed by atoms with Gasteiger partial charge in [-0.05, 0) is 29.7 Å². The molecule has 0 bridgehead atoms. The second-order valence-electron chi connectivity index (χ2n) is 5.55. The fourth-order valence-electron chi connectivity index (χ4n) is 2.32. The summed E-state index contributed by atoms with van der Waals surface area (Å²) in [5.41, 5.74) is 1.60. The maximum Gasteiger partial charge on any atom is 0.586 e. The third kappa shape index (κ3) is 4.95. The Morgan fingerprint density at radius 3 is 2.69 bits per heavy atom. The fourth-order valence-corrected chi connectivity index (χ4v) is 2.32. The molecule has 1 aliphatic heterocycles. The summed E-state index contributed by atoms with van der Waals surface area (Å²) in [7, 11) is 0. The van der Waals surface area contributed by atoms with Crippen molar-refractivity contribution in [2.45, 2.75) is 19.3 Å². The summed E-state index contributed by atoms with van der Waals surface area (Å²) in [4.78, 5) is 11.6. The monoisotopic (exact) mass is 361 g/mol. The maximum absolute atomic E-state index is 13.0. The van der Waals surface area contributed by atoms with E-state index in [1.165, 1.54) is 12.1 Å². The van der Waals surface area contributed by atoms with Crippen molar-refractivity contribution in [3.05, 3.63) is 65.7 Å². The van der Waals surface area contributed by atoms with Gasteiger partial charge in [-0.2, -0.15) is 0 Å². The molecule has 0 saturated carbocycles. The van der Waals surface area contributed by atoms with Crippen LogP contribution in [0.25, 0.3) is 6.08 Å². The van der Waals surface area contributed by atoms with Crippen LogP contribution in [0.2, 0.25) is 0 Å². The molecule has 1 amide bonds. The second kappa shape index (κ2) is 7.86. The summed E-state index contributed by atoms with van der Waals surface area (Å²) in [5, 5.41) is 2.64. The van der Waals surface area contributed by atoms with Gasteiger partial charge in [0.15, 0.2) is 11.5 Å². The molecule has 2 aromatic carbocycles. The summed E-state index contributed by atoms with van der Waals surface area (Å²) < 4.78 is 39.7. The number of halogens is 2. The van der Waals surface area contributed by atoms with Gasteiger partial charge in [0.05, 0.1) is 0 Å². The maximum atomic E-state index is 13.0. The van der Waals surface area contributed by atoms with E-state index in [2.05, 4.69) is 14.8 Å². The Morgan fingerprint density at radius 1 is 1.12 bits per heavy atom. The lowest BCUT2D eigenvalue weighted by Gasteiger charge is -2.05. The molecule has 0 saturated heterocycles. The minimum atomic E-state index is -3.62. The van der Waals surface area contributed by atoms with Gasteiger partial charge >= 0.3 is 12.4 Å². The Morgan fingerprint density at radius 2 is 1.88 bits per heavy atom. The van der Waals surface area contributed by atoms with Crippen molar-refractivity contribution in [1.29, 1.82) is 0 Å². The van der Waals surface area contributed by atoms with Crippen LogP contribution in [0.3, 0.4) is 0 Å². The second-order valence-corrected chi connectivity index (χ2v) is 5.55. The molecule has 0 aliphatic carbocycles. The van der Waals surface area contributed by atoms with Crippen LogP contribution in [0.15, 0.2) is 54.6 Å². The van der Waals surface area contributed by atoms with E-state index in [-0.39, 0.29) is 18.1 Å². The molecule has 1 aliphatic rings. The van der Waals surface area contributed by atoms with Crippen LogP contribution in [0.1, 0.15) is 17.5 Å². The van der Waals surface area contributed by atoms with E-state index in [1.807, 2.05) is 36.4 Å². The Kier molecular flexibility index (Phi) is 5.36. The number of nitrogens with one attached hydrogen (secondary N) is 1. The summed E-state index contributed by atoms with van der Waals surface area (Å²) >= 11 is 0. The first-order chi connectivity index (χ1) is 12.5. The molecular weight excluding hydrogens is 344 g/mol. The fraction of sp³-hybridized carbons (Fsp3) is 0.211. The van der Waals surface area contributed by atoms with E-state index in [0.717, 1.165) is 5.56 Å². The molecule has 7 heteroatoms. The molecule has 0 aromatic heterocycles. The molecule has 5 nitrogen and oxygen atoms in total. The summed E-state index contributed by atoms with van der Waals surface area (Å²) in [5.74, 6) is 0.00902. The van der Waals surface area contributed by atoms with Crippen LogP contribution in [0, 0.1) is 0 Å². The molecule has 0 atom stereocenters. The van der Waals surface area contributed by atoms with Crippen LogP contribution in [-0.4, -0.2) is 18.9 Å². The average molecular weight is 361 g/mol. The number of hydrogen-bond acceptors (Lipinski definition) is 4. The van der Waals surface area contributed by atoms with Gasteiger partial charge in [-0.1, -0.05) is 48.6 Å². The van der Waals surface area contributed by atoms with E-state index in [0.29, 0.717) is 18.5 Å². The number of fused-ring (bicyclic) bond motifs is 1. The van der Waals surface area contributed by atoms with Crippen LogP contribution in [0.4, 0.5) is 13.6 Å². The van der Waals surface area contributed by atoms with Gasteiger partial charge in [0.25, 0.3) is 0 Å². The first-order valence-corrected chi connectivity index (χ1v) is 8.03. The van der Waals surface area contributed by atoms with Crippen molar-refractivity contribution in [2.75, 3.05) is 6.54 Å². The third-order valence-corrected chi connectivity index (χ3v) is 3.53. The average Bonchev–Trinajstić information content (AvgIpc) is 2.93. The number of rotatable bonds is 6. The van der Waals surface area contributed by atoms with Crippen LogP contribution >= 0.6 is 0 Å². The standard InChI is InChI=1S/C19H17F2NO4/c20-19(21)25-16-10-9-14(12-17(16)26-19)6-4-5-11-22-18(23)24-13-15-7-2-1-3-8-15/h1-4,6-10,12H,5,11,13H2,(H,22,23). The predicted octanol–water partition coefficient (Wildman–Crippen LogP) is 4.34. The van der Waals surface area contributed by atoms with Gasteiger partial charge in [0, 0.05) is 6.54 Å². The van der Waals surface area contributed by atoms with Gasteiger partial charge in [0.2, 0.25) is 0 Å². The molecule has 0 spiro atoms. The highest BCUT2D eigenvalue weighted by Gasteiger charge is 2.43. The molecule has 1 heterocycles. The minimum Gasteiger partial charge on any atom is -0.445 e. The predicted molar refractivity (Wildman–Crippen MR) is 90.9 cm³/mol. The number of carbonyl (C=O) groups is 1. The SMILES string of the molecule is O=C(NCCC=Cc1ccc2c(c1)OC(F)(F)O2)OCc1ccccc1. The van der Waals surface area contributed by atoms with E-state index < -0.39 is 12.4 Å². The first kappa shape index (κ1) is 17.7. The number of carbonyl (C=O) groups excluding carboxylic acids is 1. The number of ether oxygens (including phenoxy) is 3. The van der Waals surface area contributed by atoms with Crippen LogP contribution in [0.5, 0.6) is 11.5 Å². The van der Waals surface area contributed by atoms with Crippen molar-refractivity contribution in [3.8, 4) is 11.5 Å². The lowest BCUT2D eigenvalue weighted by molar-refractivity contribution is -0.286. The topological polar surface area (TPSA) is 56.8 Å². The molecule has 136 valence electrons. The number of alkyl halides is 2. The largest absolute Gasteiger partial charge is 0.586 e. The van der Waals surface area contributed by atoms with Crippen LogP contribution < -0.4 is 14.8 Å². The highest BCUT2D eigenvalue weighted by atomic mass is 19.3. The highest BCUT2D eigenvalue weighted by molar-refractivity contribution is 5.67. The van der Waals surface area contributed by atoms with Crippen LogP contribution in [-0.2, 0) is 11.3 Å². The van der Waals surface area contributed by atoms with E-state index in [9.17, 15) is 13.6 Å². The van der Waals surface area contributed by atoms with E-state index in [4.69, 9.17) is 4.74 Å². The molecule has 0 radical (unpaired) electrons. The highest BCUT2D eigenvalue weighted by Crippen LogP contribution is 2.41. The van der Waals surface area contributed by atoms with Gasteiger partial charge in [0.1, 0.15) is 6.61 Å². The Bertz CT molecular complexity index is 793. The van der Waals surface area contributed by atoms with Gasteiger partial charge in [-0.25, -0.2) is 4.79 Å². The molecule has 2 aromatic rings. The smallest absolute Gasteiger partial charge is 0.445 e. The van der Waals surface area contributed by atoms with Gasteiger partial charge < -0.3 is 19.5 Å². The number of alkyl carbamates (subject to hydrolysis) is 1. The zero-order valence-electron chi connectivity index (χ0n) is 13.8. The first-order valence-electron chi connectivity index (χ1n) is 8.03. The summed E-state index contributed by atoms with van der Waals surface area (Å²) in [6.45, 7) is 0.608. The van der Waals surface area contributed by atoms with E-state index in [1.54, 1.807) is 12.1 Å². The molecule has 1 N–H and O–H groups in total. The zero-order valence-corrected chi connectivity index (χ0v) is 13.8. The summed E-state index contributed by atoms with van der Waals surface area (Å²) in [6.07, 6.45) is 0.0110. The van der Waals surface area contributed by atoms with Crippen molar-refractivity contribution in [1.82, 2.24) is 5.32 Å². The molecule has 0 unspecified atom stereocenters. The Hall–Kier alpha value is -3.09. The number of hydrogen-bond donors (Lipinski definition) is 1. The Balaban J connectivity index is 1.38. The molecule has 26 heavy (non-hydrogen) atoms. The quantitative estimate of drug-likeness (QED) is 0.778. The minimum absolute atomic E-state index is 0.000218. The number of amides is 1. The van der Waals surface area contributed by atoms with Crippen molar-refractivity contribution < 1.29 is 27.8 Å². The lowest BCUT2D eigenvalue weighted by atomic mass is 10.2. The lowest BCUT2D eigenvalue weighted by Crippen LogP contribution is -2.25. The third-order valence-electron chi connectivity index (χ3n) is 3.53. The molecule has 3 rings (SSSR count). The van der Waals surface area contributed by atoms with Gasteiger partial charge in [-0.3, -0.25) is 0 Å². The van der Waals surface area contributed by atoms with Crippen molar-refractivity contribution in [3.63, 3.8) is 0 Å². The molecular formula is C19H17F2NO4. The van der Waals surface area contributed by atoms with Gasteiger partial charge in [-0.15, -0.1) is 8.78 Å². The van der Waals surface area contributed by atoms with E-state index >= 15 is 0 Å². The Labute approximate surface area is 149 Å². The number of benzene rings is 2. The normalized spacial score (nSPS) is 14.4. The van der Waals surface area contributed by atoms with Crippen molar-refractivity contribution >= 4 is 12.2 Å². The summed E-state index contributed by atoms with van der Waals surface area (Å²) in [6, 6.07) is 13.9. The van der Waals surface area contributed by atoms with Crippen molar-refractivity contribution in [2.24, 2.45) is 0 Å². The molecule has 0 fully saturated rings.